The molecule has 1 atom stereocenters. The third-order valence-corrected chi connectivity index (χ3v) is 2.71. The molecular weight excluding hydrogens is 280 g/mol. The topological polar surface area (TPSA) is 38.7 Å². The molecule has 1 N–H and O–H groups in total. The highest BCUT2D eigenvalue weighted by molar-refractivity contribution is 5.46. The molecule has 114 valence electrons. The fraction of sp³-hybridized carbons (Fsp3) is 0.538. The Balaban J connectivity index is 3.38. The molecule has 0 saturated carbocycles. The van der Waals surface area contributed by atoms with Crippen LogP contribution in [0.25, 0.3) is 0 Å². The van der Waals surface area contributed by atoms with Crippen molar-refractivity contribution in [1.29, 1.82) is 0 Å². The standard InChI is InChI=1S/C13H16F4O3/c1-4-19-10-6-8(12(3,18)13(15,16)17)9(14)7-11(10)20-5-2/h6-7,18H,4-5H2,1-3H3. The molecule has 1 unspecified atom stereocenters. The van der Waals surface area contributed by atoms with Crippen LogP contribution in [0.15, 0.2) is 12.1 Å². The zero-order valence-corrected chi connectivity index (χ0v) is 11.3. The van der Waals surface area contributed by atoms with Crippen molar-refractivity contribution in [2.45, 2.75) is 32.5 Å². The zero-order valence-electron chi connectivity index (χ0n) is 11.3. The van der Waals surface area contributed by atoms with E-state index >= 15 is 0 Å². The van der Waals surface area contributed by atoms with Gasteiger partial charge in [-0.25, -0.2) is 4.39 Å². The molecule has 0 radical (unpaired) electrons. The van der Waals surface area contributed by atoms with E-state index in [1.54, 1.807) is 13.8 Å². The van der Waals surface area contributed by atoms with Crippen molar-refractivity contribution in [3.63, 3.8) is 0 Å². The van der Waals surface area contributed by atoms with E-state index in [4.69, 9.17) is 9.47 Å². The lowest BCUT2D eigenvalue weighted by Crippen LogP contribution is -2.40. The van der Waals surface area contributed by atoms with Crippen LogP contribution in [0.1, 0.15) is 26.3 Å². The van der Waals surface area contributed by atoms with Gasteiger partial charge in [-0.3, -0.25) is 0 Å². The normalized spacial score (nSPS) is 14.8. The average Bonchev–Trinajstić information content (AvgIpc) is 2.31. The summed E-state index contributed by atoms with van der Waals surface area (Å²) in [5, 5.41) is 9.56. The van der Waals surface area contributed by atoms with Crippen molar-refractivity contribution in [2.75, 3.05) is 13.2 Å². The molecule has 0 saturated heterocycles. The molecule has 3 nitrogen and oxygen atoms in total. The van der Waals surface area contributed by atoms with Crippen LogP contribution < -0.4 is 9.47 Å². The third-order valence-electron chi connectivity index (χ3n) is 2.71. The van der Waals surface area contributed by atoms with E-state index in [0.29, 0.717) is 6.92 Å². The van der Waals surface area contributed by atoms with Crippen LogP contribution in [0.3, 0.4) is 0 Å². The lowest BCUT2D eigenvalue weighted by molar-refractivity contribution is -0.259. The Labute approximate surface area is 114 Å². The number of halogens is 4. The van der Waals surface area contributed by atoms with Crippen LogP contribution in [0.2, 0.25) is 0 Å². The first-order valence-electron chi connectivity index (χ1n) is 6.03. The highest BCUT2D eigenvalue weighted by Gasteiger charge is 2.52. The summed E-state index contributed by atoms with van der Waals surface area (Å²) in [6.07, 6.45) is -5.01. The smallest absolute Gasteiger partial charge is 0.421 e. The Kier molecular flexibility index (Phi) is 4.86. The van der Waals surface area contributed by atoms with Gasteiger partial charge in [0.05, 0.1) is 13.2 Å². The molecule has 0 spiro atoms. The number of benzene rings is 1. The maximum absolute atomic E-state index is 13.8. The Hall–Kier alpha value is -1.50. The molecule has 1 aromatic rings. The van der Waals surface area contributed by atoms with E-state index in [-0.39, 0.29) is 24.7 Å². The first kappa shape index (κ1) is 16.6. The highest BCUT2D eigenvalue weighted by Crippen LogP contribution is 2.42. The van der Waals surface area contributed by atoms with Gasteiger partial charge in [0.15, 0.2) is 17.1 Å². The van der Waals surface area contributed by atoms with Gasteiger partial charge < -0.3 is 14.6 Å². The van der Waals surface area contributed by atoms with E-state index in [0.717, 1.165) is 12.1 Å². The number of hydrogen-bond donors (Lipinski definition) is 1. The number of rotatable bonds is 5. The van der Waals surface area contributed by atoms with Gasteiger partial charge in [-0.15, -0.1) is 0 Å². The van der Waals surface area contributed by atoms with Crippen molar-refractivity contribution in [3.8, 4) is 11.5 Å². The van der Waals surface area contributed by atoms with Gasteiger partial charge in [0.25, 0.3) is 0 Å². The molecule has 0 amide bonds. The summed E-state index contributed by atoms with van der Waals surface area (Å²) in [4.78, 5) is 0. The molecule has 1 rings (SSSR count). The van der Waals surface area contributed by atoms with Crippen LogP contribution in [-0.4, -0.2) is 24.5 Å². The maximum atomic E-state index is 13.8. The Bertz CT molecular complexity index is 469. The lowest BCUT2D eigenvalue weighted by Gasteiger charge is -2.27. The predicted molar refractivity (Wildman–Crippen MR) is 64.4 cm³/mol. The largest absolute Gasteiger partial charge is 0.490 e. The van der Waals surface area contributed by atoms with Gasteiger partial charge in [-0.1, -0.05) is 0 Å². The summed E-state index contributed by atoms with van der Waals surface area (Å²) in [5.74, 6) is -1.26. The number of alkyl halides is 3. The molecule has 0 aliphatic carbocycles. The van der Waals surface area contributed by atoms with Crippen LogP contribution in [-0.2, 0) is 5.60 Å². The SMILES string of the molecule is CCOc1cc(F)c(C(C)(O)C(F)(F)F)cc1OCC. The fourth-order valence-electron chi connectivity index (χ4n) is 1.60. The van der Waals surface area contributed by atoms with E-state index in [1.165, 1.54) is 0 Å². The molecule has 0 aliphatic heterocycles. The molecule has 0 fully saturated rings. The summed E-state index contributed by atoms with van der Waals surface area (Å²) in [6.45, 7) is 4.13. The summed E-state index contributed by atoms with van der Waals surface area (Å²) >= 11 is 0. The number of aliphatic hydroxyl groups is 1. The van der Waals surface area contributed by atoms with Crippen molar-refractivity contribution < 1.29 is 32.1 Å². The molecule has 0 heterocycles. The van der Waals surface area contributed by atoms with Crippen molar-refractivity contribution in [1.82, 2.24) is 0 Å². The lowest BCUT2D eigenvalue weighted by atomic mass is 9.94. The Morgan fingerprint density at radius 2 is 1.50 bits per heavy atom. The van der Waals surface area contributed by atoms with Crippen LogP contribution in [0.5, 0.6) is 11.5 Å². The van der Waals surface area contributed by atoms with Gasteiger partial charge in [0.2, 0.25) is 0 Å². The quantitative estimate of drug-likeness (QED) is 0.846. The summed E-state index contributed by atoms with van der Waals surface area (Å²) in [7, 11) is 0. The van der Waals surface area contributed by atoms with Crippen molar-refractivity contribution >= 4 is 0 Å². The molecule has 0 bridgehead atoms. The summed E-state index contributed by atoms with van der Waals surface area (Å²) in [6, 6.07) is 1.60. The number of ether oxygens (including phenoxy) is 2. The van der Waals surface area contributed by atoms with Gasteiger partial charge in [0.1, 0.15) is 5.82 Å². The number of hydrogen-bond acceptors (Lipinski definition) is 3. The van der Waals surface area contributed by atoms with Crippen molar-refractivity contribution in [3.05, 3.63) is 23.5 Å². The molecule has 20 heavy (non-hydrogen) atoms. The summed E-state index contributed by atoms with van der Waals surface area (Å²) in [5.41, 5.74) is -4.22. The van der Waals surface area contributed by atoms with Gasteiger partial charge in [-0.05, 0) is 26.8 Å². The van der Waals surface area contributed by atoms with Crippen LogP contribution >= 0.6 is 0 Å². The molecule has 0 aromatic heterocycles. The first-order chi connectivity index (χ1) is 9.15. The summed E-state index contributed by atoms with van der Waals surface area (Å²) < 4.78 is 62.4. The third kappa shape index (κ3) is 3.15. The van der Waals surface area contributed by atoms with Crippen LogP contribution in [0.4, 0.5) is 17.6 Å². The maximum Gasteiger partial charge on any atom is 0.421 e. The minimum atomic E-state index is -5.01. The molecule has 7 heteroatoms. The zero-order chi connectivity index (χ0) is 15.6. The second kappa shape index (κ2) is 5.87. The Morgan fingerprint density at radius 1 is 1.05 bits per heavy atom. The second-order valence-electron chi connectivity index (χ2n) is 4.21. The minimum Gasteiger partial charge on any atom is -0.490 e. The van der Waals surface area contributed by atoms with Gasteiger partial charge >= 0.3 is 6.18 Å². The van der Waals surface area contributed by atoms with E-state index in [1.807, 2.05) is 0 Å². The first-order valence-corrected chi connectivity index (χ1v) is 6.03. The fourth-order valence-corrected chi connectivity index (χ4v) is 1.60. The van der Waals surface area contributed by atoms with Crippen molar-refractivity contribution in [2.24, 2.45) is 0 Å². The highest BCUT2D eigenvalue weighted by atomic mass is 19.4. The second-order valence-corrected chi connectivity index (χ2v) is 4.21. The van der Waals surface area contributed by atoms with E-state index < -0.39 is 23.2 Å². The van der Waals surface area contributed by atoms with Crippen LogP contribution in [0, 0.1) is 5.82 Å². The molecule has 0 aliphatic rings. The predicted octanol–water partition coefficient (Wildman–Crippen LogP) is 3.39. The minimum absolute atomic E-state index is 0.00595. The monoisotopic (exact) mass is 296 g/mol. The van der Waals surface area contributed by atoms with Gasteiger partial charge in [-0.2, -0.15) is 13.2 Å². The molecular formula is C13H16F4O3. The van der Waals surface area contributed by atoms with Gasteiger partial charge in [0, 0.05) is 11.6 Å². The average molecular weight is 296 g/mol. The Morgan fingerprint density at radius 3 is 1.90 bits per heavy atom. The van der Waals surface area contributed by atoms with E-state index in [9.17, 15) is 22.7 Å². The van der Waals surface area contributed by atoms with E-state index in [2.05, 4.69) is 0 Å². The molecule has 1 aromatic carbocycles.